The second-order valence-electron chi connectivity index (χ2n) is 2.75. The molecule has 0 saturated carbocycles. The Morgan fingerprint density at radius 3 is 2.75 bits per heavy atom. The standard InChI is InChI=1S/C9H10BrFO/c1-6(5-12)8-3-2-7(10)4-9(8)11/h2-4,6,12H,5H2,1H3/t6-/m1/s1. The first-order valence-corrected chi connectivity index (χ1v) is 4.50. The summed E-state index contributed by atoms with van der Waals surface area (Å²) in [5, 5.41) is 8.80. The predicted octanol–water partition coefficient (Wildman–Crippen LogP) is 2.68. The summed E-state index contributed by atoms with van der Waals surface area (Å²) in [5.74, 6) is -0.413. The third-order valence-electron chi connectivity index (χ3n) is 1.77. The number of aliphatic hydroxyl groups excluding tert-OH is 1. The molecule has 0 spiro atoms. The van der Waals surface area contributed by atoms with E-state index in [-0.39, 0.29) is 18.3 Å². The van der Waals surface area contributed by atoms with Gasteiger partial charge in [0.1, 0.15) is 5.82 Å². The van der Waals surface area contributed by atoms with Crippen LogP contribution in [0.15, 0.2) is 22.7 Å². The predicted molar refractivity (Wildman–Crippen MR) is 49.6 cm³/mol. The van der Waals surface area contributed by atoms with Crippen molar-refractivity contribution in [3.63, 3.8) is 0 Å². The molecule has 0 saturated heterocycles. The molecule has 66 valence electrons. The van der Waals surface area contributed by atoms with Crippen LogP contribution in [-0.2, 0) is 0 Å². The summed E-state index contributed by atoms with van der Waals surface area (Å²) in [6.07, 6.45) is 0. The van der Waals surface area contributed by atoms with Crippen molar-refractivity contribution in [2.45, 2.75) is 12.8 Å². The molecule has 0 aliphatic rings. The van der Waals surface area contributed by atoms with E-state index in [2.05, 4.69) is 15.9 Å². The highest BCUT2D eigenvalue weighted by atomic mass is 79.9. The maximum absolute atomic E-state index is 13.1. The number of rotatable bonds is 2. The fraction of sp³-hybridized carbons (Fsp3) is 0.333. The van der Waals surface area contributed by atoms with E-state index in [4.69, 9.17) is 5.11 Å². The fourth-order valence-electron chi connectivity index (χ4n) is 1.000. The van der Waals surface area contributed by atoms with E-state index in [0.29, 0.717) is 10.0 Å². The summed E-state index contributed by atoms with van der Waals surface area (Å²) in [6, 6.07) is 4.85. The van der Waals surface area contributed by atoms with Crippen LogP contribution in [-0.4, -0.2) is 11.7 Å². The molecule has 1 nitrogen and oxygen atoms in total. The average molecular weight is 233 g/mol. The van der Waals surface area contributed by atoms with Crippen LogP contribution < -0.4 is 0 Å². The van der Waals surface area contributed by atoms with Gasteiger partial charge in [0.05, 0.1) is 0 Å². The van der Waals surface area contributed by atoms with E-state index in [9.17, 15) is 4.39 Å². The van der Waals surface area contributed by atoms with Crippen LogP contribution in [0.4, 0.5) is 4.39 Å². The maximum atomic E-state index is 13.1. The molecule has 0 bridgehead atoms. The smallest absolute Gasteiger partial charge is 0.127 e. The zero-order valence-corrected chi connectivity index (χ0v) is 8.31. The number of hydrogen-bond donors (Lipinski definition) is 1. The summed E-state index contributed by atoms with van der Waals surface area (Å²) < 4.78 is 13.9. The van der Waals surface area contributed by atoms with Gasteiger partial charge in [-0.15, -0.1) is 0 Å². The van der Waals surface area contributed by atoms with Crippen molar-refractivity contribution >= 4 is 15.9 Å². The Morgan fingerprint density at radius 1 is 1.58 bits per heavy atom. The molecule has 0 unspecified atom stereocenters. The van der Waals surface area contributed by atoms with Crippen LogP contribution >= 0.6 is 15.9 Å². The van der Waals surface area contributed by atoms with Gasteiger partial charge in [-0.05, 0) is 17.7 Å². The first kappa shape index (κ1) is 9.68. The van der Waals surface area contributed by atoms with Gasteiger partial charge in [-0.3, -0.25) is 0 Å². The lowest BCUT2D eigenvalue weighted by Gasteiger charge is -2.08. The van der Waals surface area contributed by atoms with Crippen LogP contribution in [0.25, 0.3) is 0 Å². The molecule has 1 N–H and O–H groups in total. The molecular weight excluding hydrogens is 223 g/mol. The van der Waals surface area contributed by atoms with Crippen LogP contribution in [0.3, 0.4) is 0 Å². The fourth-order valence-corrected chi connectivity index (χ4v) is 1.33. The van der Waals surface area contributed by atoms with Gasteiger partial charge in [0.2, 0.25) is 0 Å². The Hall–Kier alpha value is -0.410. The zero-order chi connectivity index (χ0) is 9.14. The van der Waals surface area contributed by atoms with Crippen LogP contribution in [0.5, 0.6) is 0 Å². The Morgan fingerprint density at radius 2 is 2.25 bits per heavy atom. The number of aliphatic hydroxyl groups is 1. The summed E-state index contributed by atoms with van der Waals surface area (Å²) >= 11 is 3.16. The first-order chi connectivity index (χ1) is 5.65. The molecule has 1 rings (SSSR count). The largest absolute Gasteiger partial charge is 0.396 e. The van der Waals surface area contributed by atoms with E-state index in [0.717, 1.165) is 0 Å². The second kappa shape index (κ2) is 4.01. The summed E-state index contributed by atoms with van der Waals surface area (Å²) in [7, 11) is 0. The van der Waals surface area contributed by atoms with E-state index in [1.165, 1.54) is 6.07 Å². The monoisotopic (exact) mass is 232 g/mol. The van der Waals surface area contributed by atoms with Gasteiger partial charge in [-0.1, -0.05) is 28.9 Å². The highest BCUT2D eigenvalue weighted by Gasteiger charge is 2.09. The quantitative estimate of drug-likeness (QED) is 0.832. The molecule has 0 amide bonds. The second-order valence-corrected chi connectivity index (χ2v) is 3.67. The van der Waals surface area contributed by atoms with Gasteiger partial charge in [0.15, 0.2) is 0 Å². The highest BCUT2D eigenvalue weighted by molar-refractivity contribution is 9.10. The minimum Gasteiger partial charge on any atom is -0.396 e. The average Bonchev–Trinajstić information content (AvgIpc) is 2.03. The van der Waals surface area contributed by atoms with Crippen molar-refractivity contribution in [2.24, 2.45) is 0 Å². The Labute approximate surface area is 79.4 Å². The highest BCUT2D eigenvalue weighted by Crippen LogP contribution is 2.21. The topological polar surface area (TPSA) is 20.2 Å². The third-order valence-corrected chi connectivity index (χ3v) is 2.26. The lowest BCUT2D eigenvalue weighted by molar-refractivity contribution is 0.270. The van der Waals surface area contributed by atoms with Crippen LogP contribution in [0, 0.1) is 5.82 Å². The molecule has 0 heterocycles. The third kappa shape index (κ3) is 2.05. The van der Waals surface area contributed by atoms with Crippen LogP contribution in [0.2, 0.25) is 0 Å². The summed E-state index contributed by atoms with van der Waals surface area (Å²) in [6.45, 7) is 1.75. The molecule has 1 aromatic rings. The number of hydrogen-bond acceptors (Lipinski definition) is 1. The number of benzene rings is 1. The van der Waals surface area contributed by atoms with Gasteiger partial charge < -0.3 is 5.11 Å². The normalized spacial score (nSPS) is 13.0. The van der Waals surface area contributed by atoms with Crippen molar-refractivity contribution in [3.05, 3.63) is 34.1 Å². The van der Waals surface area contributed by atoms with E-state index in [1.54, 1.807) is 19.1 Å². The summed E-state index contributed by atoms with van der Waals surface area (Å²) in [4.78, 5) is 0. The number of halogens is 2. The molecule has 0 aliphatic heterocycles. The van der Waals surface area contributed by atoms with Crippen LogP contribution in [0.1, 0.15) is 18.4 Å². The van der Waals surface area contributed by atoms with Crippen molar-refractivity contribution < 1.29 is 9.50 Å². The first-order valence-electron chi connectivity index (χ1n) is 3.71. The van der Waals surface area contributed by atoms with Gasteiger partial charge in [0.25, 0.3) is 0 Å². The molecule has 12 heavy (non-hydrogen) atoms. The lowest BCUT2D eigenvalue weighted by Crippen LogP contribution is -2.01. The van der Waals surface area contributed by atoms with Crippen molar-refractivity contribution in [3.8, 4) is 0 Å². The SMILES string of the molecule is C[C@H](CO)c1ccc(Br)cc1F. The van der Waals surface area contributed by atoms with E-state index in [1.807, 2.05) is 0 Å². The molecule has 0 aliphatic carbocycles. The minimum absolute atomic E-state index is 0.0292. The Bertz CT molecular complexity index is 275. The van der Waals surface area contributed by atoms with Crippen molar-refractivity contribution in [1.82, 2.24) is 0 Å². The Kier molecular flexibility index (Phi) is 3.23. The Balaban J connectivity index is 3.01. The molecule has 0 aromatic heterocycles. The zero-order valence-electron chi connectivity index (χ0n) is 6.72. The molecule has 1 atom stereocenters. The molecule has 3 heteroatoms. The minimum atomic E-state index is -0.272. The van der Waals surface area contributed by atoms with Crippen molar-refractivity contribution in [1.29, 1.82) is 0 Å². The van der Waals surface area contributed by atoms with E-state index >= 15 is 0 Å². The van der Waals surface area contributed by atoms with Crippen molar-refractivity contribution in [2.75, 3.05) is 6.61 Å². The van der Waals surface area contributed by atoms with Gasteiger partial charge in [0, 0.05) is 17.0 Å². The van der Waals surface area contributed by atoms with Gasteiger partial charge >= 0.3 is 0 Å². The molecular formula is C9H10BrFO. The van der Waals surface area contributed by atoms with Gasteiger partial charge in [-0.2, -0.15) is 0 Å². The van der Waals surface area contributed by atoms with Gasteiger partial charge in [-0.25, -0.2) is 4.39 Å². The molecule has 1 aromatic carbocycles. The molecule has 0 radical (unpaired) electrons. The lowest BCUT2D eigenvalue weighted by atomic mass is 10.0. The van der Waals surface area contributed by atoms with E-state index < -0.39 is 0 Å². The molecule has 0 fully saturated rings. The summed E-state index contributed by atoms with van der Waals surface area (Å²) in [5.41, 5.74) is 0.556. The maximum Gasteiger partial charge on any atom is 0.127 e.